The summed E-state index contributed by atoms with van der Waals surface area (Å²) in [5.41, 5.74) is 0. The molecule has 2 N–H and O–H groups in total. The predicted octanol–water partition coefficient (Wildman–Crippen LogP) is 1.16. The molecule has 1 aliphatic rings. The maximum atomic E-state index is 12.3. The van der Waals surface area contributed by atoms with E-state index >= 15 is 0 Å². The van der Waals surface area contributed by atoms with E-state index in [2.05, 4.69) is 29.0 Å². The molecule has 0 saturated carbocycles. The lowest BCUT2D eigenvalue weighted by atomic mass is 9.88. The molecule has 0 aliphatic carbocycles. The van der Waals surface area contributed by atoms with E-state index < -0.39 is 0 Å². The van der Waals surface area contributed by atoms with Gasteiger partial charge >= 0.3 is 0 Å². The lowest BCUT2D eigenvalue weighted by Crippen LogP contribution is -2.48. The number of ether oxygens (including phenoxy) is 1. The van der Waals surface area contributed by atoms with E-state index in [1.807, 2.05) is 12.1 Å². The Hall–Kier alpha value is -1.66. The van der Waals surface area contributed by atoms with Crippen molar-refractivity contribution >= 4 is 5.91 Å². The summed E-state index contributed by atoms with van der Waals surface area (Å²) in [5, 5.41) is 11.7. The van der Waals surface area contributed by atoms with Crippen molar-refractivity contribution in [1.29, 1.82) is 0 Å². The summed E-state index contributed by atoms with van der Waals surface area (Å²) in [6.45, 7) is 7.96. The molecule has 1 saturated heterocycles. The first kappa shape index (κ1) is 18.7. The molecule has 0 spiro atoms. The van der Waals surface area contributed by atoms with Gasteiger partial charge in [-0.05, 0) is 24.5 Å². The van der Waals surface area contributed by atoms with Crippen LogP contribution >= 0.6 is 0 Å². The van der Waals surface area contributed by atoms with Crippen molar-refractivity contribution in [3.8, 4) is 5.75 Å². The average Bonchev–Trinajstić information content (AvgIpc) is 2.58. The molecule has 1 amide bonds. The van der Waals surface area contributed by atoms with Gasteiger partial charge in [-0.3, -0.25) is 9.78 Å². The highest BCUT2D eigenvalue weighted by Gasteiger charge is 2.32. The average molecular weight is 335 g/mol. The van der Waals surface area contributed by atoms with Crippen molar-refractivity contribution < 1.29 is 14.6 Å². The lowest BCUT2D eigenvalue weighted by Gasteiger charge is -2.37. The molecular formula is C18H29N3O3. The van der Waals surface area contributed by atoms with E-state index in [1.54, 1.807) is 12.4 Å². The molecule has 24 heavy (non-hydrogen) atoms. The smallest absolute Gasteiger partial charge is 0.224 e. The number of amides is 1. The van der Waals surface area contributed by atoms with Gasteiger partial charge in [0.15, 0.2) is 0 Å². The first-order valence-corrected chi connectivity index (χ1v) is 8.72. The Morgan fingerprint density at radius 1 is 1.50 bits per heavy atom. The van der Waals surface area contributed by atoms with E-state index in [1.165, 1.54) is 0 Å². The second-order valence-electron chi connectivity index (χ2n) is 6.93. The molecule has 0 unspecified atom stereocenters. The van der Waals surface area contributed by atoms with E-state index in [-0.39, 0.29) is 18.4 Å². The number of hydrogen-bond acceptors (Lipinski definition) is 5. The molecule has 6 heteroatoms. The number of aliphatic hydroxyl groups is 1. The number of nitrogens with one attached hydrogen (secondary N) is 1. The van der Waals surface area contributed by atoms with Gasteiger partial charge in [-0.1, -0.05) is 13.8 Å². The Morgan fingerprint density at radius 3 is 3.00 bits per heavy atom. The number of aromatic nitrogens is 1. The van der Waals surface area contributed by atoms with Crippen LogP contribution in [0, 0.1) is 17.8 Å². The van der Waals surface area contributed by atoms with Crippen LogP contribution in [-0.4, -0.2) is 60.3 Å². The van der Waals surface area contributed by atoms with Crippen molar-refractivity contribution in [2.75, 3.05) is 39.4 Å². The number of nitrogens with zero attached hydrogens (tertiary/aromatic N) is 2. The van der Waals surface area contributed by atoms with Crippen LogP contribution in [0.25, 0.3) is 0 Å². The van der Waals surface area contributed by atoms with Crippen LogP contribution in [0.3, 0.4) is 0 Å². The van der Waals surface area contributed by atoms with Gasteiger partial charge in [-0.15, -0.1) is 0 Å². The van der Waals surface area contributed by atoms with Gasteiger partial charge in [-0.2, -0.15) is 0 Å². The van der Waals surface area contributed by atoms with Gasteiger partial charge in [0, 0.05) is 38.3 Å². The number of pyridine rings is 1. The normalized spacial score (nSPS) is 21.7. The zero-order valence-corrected chi connectivity index (χ0v) is 14.6. The number of rotatable bonds is 8. The van der Waals surface area contributed by atoms with Crippen molar-refractivity contribution in [2.24, 2.45) is 17.8 Å². The SMILES string of the molecule is CC(C)CN1C[C@@H](COc2cccnc2)C[C@@H](C(=O)NCCO)C1. The Morgan fingerprint density at radius 2 is 2.33 bits per heavy atom. The number of likely N-dealkylation sites (tertiary alicyclic amines) is 1. The minimum atomic E-state index is -0.0495. The van der Waals surface area contributed by atoms with E-state index in [4.69, 9.17) is 9.84 Å². The molecule has 0 bridgehead atoms. The minimum Gasteiger partial charge on any atom is -0.492 e. The molecule has 2 rings (SSSR count). The van der Waals surface area contributed by atoms with E-state index in [0.717, 1.165) is 31.8 Å². The fraction of sp³-hybridized carbons (Fsp3) is 0.667. The molecule has 1 fully saturated rings. The Bertz CT molecular complexity index is 496. The number of carbonyl (C=O) groups excluding carboxylic acids is 1. The van der Waals surface area contributed by atoms with Gasteiger partial charge < -0.3 is 20.1 Å². The number of carbonyl (C=O) groups is 1. The number of piperidine rings is 1. The van der Waals surface area contributed by atoms with Crippen LogP contribution in [-0.2, 0) is 4.79 Å². The predicted molar refractivity (Wildman–Crippen MR) is 92.7 cm³/mol. The van der Waals surface area contributed by atoms with Crippen LogP contribution in [0.5, 0.6) is 5.75 Å². The van der Waals surface area contributed by atoms with Crippen molar-refractivity contribution in [2.45, 2.75) is 20.3 Å². The van der Waals surface area contributed by atoms with Gasteiger partial charge in [0.25, 0.3) is 0 Å². The first-order chi connectivity index (χ1) is 11.6. The standard InChI is InChI=1S/C18H29N3O3/c1-14(2)10-21-11-15(13-24-17-4-3-5-19-9-17)8-16(12-21)18(23)20-6-7-22/h3-5,9,14-16,22H,6-8,10-13H2,1-2H3,(H,20,23)/t15-,16+/m0/s1. The first-order valence-electron chi connectivity index (χ1n) is 8.72. The van der Waals surface area contributed by atoms with Crippen LogP contribution in [0.2, 0.25) is 0 Å². The largest absolute Gasteiger partial charge is 0.492 e. The van der Waals surface area contributed by atoms with Crippen molar-refractivity contribution in [3.63, 3.8) is 0 Å². The molecule has 6 nitrogen and oxygen atoms in total. The Labute approximate surface area is 144 Å². The summed E-state index contributed by atoms with van der Waals surface area (Å²) < 4.78 is 5.85. The van der Waals surface area contributed by atoms with Crippen molar-refractivity contribution in [3.05, 3.63) is 24.5 Å². The van der Waals surface area contributed by atoms with E-state index in [0.29, 0.717) is 25.0 Å². The summed E-state index contributed by atoms with van der Waals surface area (Å²) in [7, 11) is 0. The topological polar surface area (TPSA) is 74.7 Å². The van der Waals surface area contributed by atoms with E-state index in [9.17, 15) is 4.79 Å². The van der Waals surface area contributed by atoms with Gasteiger partial charge in [0.05, 0.1) is 25.3 Å². The highest BCUT2D eigenvalue weighted by molar-refractivity contribution is 5.79. The highest BCUT2D eigenvalue weighted by Crippen LogP contribution is 2.24. The monoisotopic (exact) mass is 335 g/mol. The third-order valence-electron chi connectivity index (χ3n) is 4.14. The van der Waals surface area contributed by atoms with Crippen LogP contribution in [0.1, 0.15) is 20.3 Å². The second kappa shape index (κ2) is 9.59. The number of aliphatic hydroxyl groups excluding tert-OH is 1. The quantitative estimate of drug-likeness (QED) is 0.746. The molecule has 0 radical (unpaired) electrons. The van der Waals surface area contributed by atoms with Crippen LogP contribution in [0.4, 0.5) is 0 Å². The summed E-state index contributed by atoms with van der Waals surface area (Å²) in [4.78, 5) is 18.7. The number of hydrogen-bond donors (Lipinski definition) is 2. The third kappa shape index (κ3) is 6.09. The molecule has 0 aromatic carbocycles. The Balaban J connectivity index is 1.93. The van der Waals surface area contributed by atoms with Crippen LogP contribution in [0.15, 0.2) is 24.5 Å². The molecule has 134 valence electrons. The maximum absolute atomic E-state index is 12.3. The minimum absolute atomic E-state index is 0.0261. The molecule has 1 aliphatic heterocycles. The molecule has 2 atom stereocenters. The fourth-order valence-electron chi connectivity index (χ4n) is 3.25. The molecular weight excluding hydrogens is 306 g/mol. The molecule has 1 aromatic heterocycles. The lowest BCUT2D eigenvalue weighted by molar-refractivity contribution is -0.128. The Kier molecular flexibility index (Phi) is 7.46. The zero-order valence-electron chi connectivity index (χ0n) is 14.6. The highest BCUT2D eigenvalue weighted by atomic mass is 16.5. The van der Waals surface area contributed by atoms with Gasteiger partial charge in [0.1, 0.15) is 5.75 Å². The van der Waals surface area contributed by atoms with Crippen molar-refractivity contribution in [1.82, 2.24) is 15.2 Å². The summed E-state index contributed by atoms with van der Waals surface area (Å²) in [6.07, 6.45) is 4.24. The molecule has 1 aromatic rings. The molecule has 2 heterocycles. The second-order valence-corrected chi connectivity index (χ2v) is 6.93. The van der Waals surface area contributed by atoms with Crippen LogP contribution < -0.4 is 10.1 Å². The summed E-state index contributed by atoms with van der Waals surface area (Å²) >= 11 is 0. The fourth-order valence-corrected chi connectivity index (χ4v) is 3.25. The maximum Gasteiger partial charge on any atom is 0.224 e. The third-order valence-corrected chi connectivity index (χ3v) is 4.14. The summed E-state index contributed by atoms with van der Waals surface area (Å²) in [6, 6.07) is 3.75. The zero-order chi connectivity index (χ0) is 17.4. The van der Waals surface area contributed by atoms with Gasteiger partial charge in [0.2, 0.25) is 5.91 Å². The van der Waals surface area contributed by atoms with Gasteiger partial charge in [-0.25, -0.2) is 0 Å². The summed E-state index contributed by atoms with van der Waals surface area (Å²) in [5.74, 6) is 1.61.